The Balaban J connectivity index is 1.96. The van der Waals surface area contributed by atoms with Gasteiger partial charge < -0.3 is 20.7 Å². The molecule has 8 heteroatoms. The van der Waals surface area contributed by atoms with Gasteiger partial charge in [-0.1, -0.05) is 6.92 Å². The molecule has 5 atom stereocenters. The van der Waals surface area contributed by atoms with E-state index in [1.807, 2.05) is 6.92 Å². The average Bonchev–Trinajstić information content (AvgIpc) is 2.99. The van der Waals surface area contributed by atoms with E-state index in [2.05, 4.69) is 29.6 Å². The highest BCUT2D eigenvalue weighted by Gasteiger charge is 2.54. The molecular weight excluding hydrogens is 339 g/mol. The van der Waals surface area contributed by atoms with E-state index in [0.29, 0.717) is 16.9 Å². The van der Waals surface area contributed by atoms with Crippen molar-refractivity contribution in [3.8, 4) is 0 Å². The number of fused-ring (bicyclic) bond motifs is 1. The fourth-order valence-electron chi connectivity index (χ4n) is 3.64. The number of aliphatic hydroxyl groups is 2. The van der Waals surface area contributed by atoms with Crippen LogP contribution < -0.4 is 5.73 Å². The van der Waals surface area contributed by atoms with Crippen LogP contribution in [0.1, 0.15) is 20.1 Å². The number of aromatic nitrogens is 3. The maximum Gasteiger partial charge on any atom is 0.168 e. The van der Waals surface area contributed by atoms with Crippen LogP contribution in [0.25, 0.3) is 11.2 Å². The van der Waals surface area contributed by atoms with Gasteiger partial charge in [-0.3, -0.25) is 4.57 Å². The van der Waals surface area contributed by atoms with E-state index in [0.717, 1.165) is 6.16 Å². The van der Waals surface area contributed by atoms with Gasteiger partial charge in [0.25, 0.3) is 0 Å². The molecule has 1 aliphatic heterocycles. The predicted molar refractivity (Wildman–Crippen MR) is 102 cm³/mol. The summed E-state index contributed by atoms with van der Waals surface area (Å²) in [5.41, 5.74) is 6.05. The SMILES string of the molecule is C=P(C)(C)CC(C)[C@H]1O[C@@H](n2cnc3c(N)ccnc32)[C@@](C)(O)[C@@H]1O. The smallest absolute Gasteiger partial charge is 0.168 e. The number of nitrogens with zero attached hydrogens (tertiary/aromatic N) is 3. The van der Waals surface area contributed by atoms with Crippen LogP contribution >= 0.6 is 6.89 Å². The number of rotatable bonds is 4. The van der Waals surface area contributed by atoms with Crippen LogP contribution in [0.3, 0.4) is 0 Å². The molecule has 1 unspecified atom stereocenters. The summed E-state index contributed by atoms with van der Waals surface area (Å²) in [7, 11) is 0. The number of anilines is 1. The van der Waals surface area contributed by atoms with Crippen molar-refractivity contribution >= 4 is 30.0 Å². The highest BCUT2D eigenvalue weighted by molar-refractivity contribution is 7.72. The van der Waals surface area contributed by atoms with Crippen LogP contribution in [0.5, 0.6) is 0 Å². The van der Waals surface area contributed by atoms with Gasteiger partial charge in [-0.15, -0.1) is 13.2 Å². The lowest BCUT2D eigenvalue weighted by Gasteiger charge is -2.28. The zero-order valence-corrected chi connectivity index (χ0v) is 16.0. The second-order valence-electron chi connectivity index (χ2n) is 7.94. The molecule has 0 amide bonds. The van der Waals surface area contributed by atoms with Crippen molar-refractivity contribution in [1.82, 2.24) is 14.5 Å². The van der Waals surface area contributed by atoms with Gasteiger partial charge in [0.05, 0.1) is 18.1 Å². The number of hydrogen-bond donors (Lipinski definition) is 3. The molecule has 0 aliphatic carbocycles. The largest absolute Gasteiger partial charge is 0.397 e. The summed E-state index contributed by atoms with van der Waals surface area (Å²) in [5.74, 6) is 0.0696. The van der Waals surface area contributed by atoms with Crippen LogP contribution in [-0.4, -0.2) is 68.3 Å². The standard InChI is InChI=1S/C17H27N4O3P/c1-10(8-25(3,4)5)13-14(22)17(2,23)16(24-13)21-9-20-12-11(18)6-7-19-15(12)21/h6-7,9-10,13-14,16,22-23H,3,8H2,1-2,4-5H3,(H2,18,19)/t10?,13-,14-,16-,17+/m1/s1. The van der Waals surface area contributed by atoms with Crippen molar-refractivity contribution in [2.45, 2.75) is 37.9 Å². The van der Waals surface area contributed by atoms with Crippen LogP contribution in [0.15, 0.2) is 18.6 Å². The van der Waals surface area contributed by atoms with E-state index in [1.165, 1.54) is 0 Å². The number of imidazole rings is 1. The number of pyridine rings is 1. The summed E-state index contributed by atoms with van der Waals surface area (Å²) >= 11 is 0. The lowest BCUT2D eigenvalue weighted by atomic mass is 9.91. The maximum absolute atomic E-state index is 11.0. The zero-order chi connectivity index (χ0) is 18.6. The molecule has 1 fully saturated rings. The Labute approximate surface area is 147 Å². The van der Waals surface area contributed by atoms with Crippen LogP contribution in [0.4, 0.5) is 5.69 Å². The van der Waals surface area contributed by atoms with Gasteiger partial charge >= 0.3 is 0 Å². The van der Waals surface area contributed by atoms with Gasteiger partial charge in [-0.25, -0.2) is 9.97 Å². The third-order valence-electron chi connectivity index (χ3n) is 4.78. The second-order valence-corrected chi connectivity index (χ2v) is 12.2. The summed E-state index contributed by atoms with van der Waals surface area (Å²) < 4.78 is 7.77. The van der Waals surface area contributed by atoms with E-state index in [1.54, 1.807) is 30.1 Å². The van der Waals surface area contributed by atoms with Gasteiger partial charge in [0.1, 0.15) is 17.2 Å². The summed E-state index contributed by atoms with van der Waals surface area (Å²) in [4.78, 5) is 8.59. The molecule has 0 aromatic carbocycles. The van der Waals surface area contributed by atoms with Gasteiger partial charge in [-0.2, -0.15) is 0 Å². The number of hydrogen-bond acceptors (Lipinski definition) is 6. The molecule has 138 valence electrons. The monoisotopic (exact) mass is 366 g/mol. The fourth-order valence-corrected chi connectivity index (χ4v) is 5.41. The minimum absolute atomic E-state index is 0.0696. The highest BCUT2D eigenvalue weighted by atomic mass is 31.2. The van der Waals surface area contributed by atoms with Crippen molar-refractivity contribution in [1.29, 1.82) is 0 Å². The summed E-state index contributed by atoms with van der Waals surface area (Å²) in [6, 6.07) is 1.67. The molecule has 3 rings (SSSR count). The van der Waals surface area contributed by atoms with E-state index in [9.17, 15) is 10.2 Å². The van der Waals surface area contributed by atoms with Crippen molar-refractivity contribution in [3.63, 3.8) is 0 Å². The van der Waals surface area contributed by atoms with Crippen molar-refractivity contribution in [2.75, 3.05) is 25.2 Å². The molecule has 7 nitrogen and oxygen atoms in total. The number of nitrogens with two attached hydrogens (primary N) is 1. The maximum atomic E-state index is 11.0. The molecule has 1 aliphatic rings. The molecule has 2 aromatic heterocycles. The number of ether oxygens (including phenoxy) is 1. The minimum atomic E-state index is -1.47. The Morgan fingerprint density at radius 2 is 2.16 bits per heavy atom. The first-order chi connectivity index (χ1) is 11.5. The Morgan fingerprint density at radius 3 is 2.80 bits per heavy atom. The Bertz CT molecular complexity index is 828. The van der Waals surface area contributed by atoms with Crippen molar-refractivity contribution in [3.05, 3.63) is 18.6 Å². The Hall–Kier alpha value is -1.40. The van der Waals surface area contributed by atoms with E-state index in [4.69, 9.17) is 10.5 Å². The molecule has 3 heterocycles. The molecule has 1 saturated heterocycles. The normalized spacial score (nSPS) is 31.5. The first-order valence-corrected chi connectivity index (χ1v) is 11.4. The van der Waals surface area contributed by atoms with Gasteiger partial charge in [0.2, 0.25) is 0 Å². The first kappa shape index (κ1) is 18.4. The first-order valence-electron chi connectivity index (χ1n) is 8.32. The van der Waals surface area contributed by atoms with Crippen LogP contribution in [-0.2, 0) is 4.74 Å². The van der Waals surface area contributed by atoms with Crippen molar-refractivity contribution in [2.24, 2.45) is 5.92 Å². The van der Waals surface area contributed by atoms with Gasteiger partial charge in [-0.05, 0) is 38.4 Å². The average molecular weight is 366 g/mol. The Kier molecular flexibility index (Phi) is 4.48. The van der Waals surface area contributed by atoms with Crippen molar-refractivity contribution < 1.29 is 14.9 Å². The third-order valence-corrected chi connectivity index (χ3v) is 6.35. The molecule has 4 N–H and O–H groups in total. The zero-order valence-electron chi connectivity index (χ0n) is 15.1. The summed E-state index contributed by atoms with van der Waals surface area (Å²) in [5, 5.41) is 21.7. The topological polar surface area (TPSA) is 106 Å². The Morgan fingerprint density at radius 1 is 1.48 bits per heavy atom. The quantitative estimate of drug-likeness (QED) is 0.706. The highest BCUT2D eigenvalue weighted by Crippen LogP contribution is 2.45. The van der Waals surface area contributed by atoms with E-state index in [-0.39, 0.29) is 5.92 Å². The molecule has 0 saturated carbocycles. The number of nitrogen functional groups attached to an aromatic ring is 1. The van der Waals surface area contributed by atoms with Crippen LogP contribution in [0, 0.1) is 5.92 Å². The fraction of sp³-hybridized carbons (Fsp3) is 0.588. The molecule has 25 heavy (non-hydrogen) atoms. The lowest BCUT2D eigenvalue weighted by molar-refractivity contribution is -0.0950. The van der Waals surface area contributed by atoms with E-state index >= 15 is 0 Å². The summed E-state index contributed by atoms with van der Waals surface area (Å²) in [6.45, 7) is 6.62. The lowest BCUT2D eigenvalue weighted by Crippen LogP contribution is -2.45. The minimum Gasteiger partial charge on any atom is -0.397 e. The summed E-state index contributed by atoms with van der Waals surface area (Å²) in [6.07, 6.45) is 5.95. The molecule has 2 aromatic rings. The molecule has 0 radical (unpaired) electrons. The van der Waals surface area contributed by atoms with Crippen LogP contribution in [0.2, 0.25) is 0 Å². The van der Waals surface area contributed by atoms with Gasteiger partial charge in [0.15, 0.2) is 11.9 Å². The molecule has 0 bridgehead atoms. The predicted octanol–water partition coefficient (Wildman–Crippen LogP) is 1.37. The number of aliphatic hydroxyl groups excluding tert-OH is 1. The van der Waals surface area contributed by atoms with E-state index < -0.39 is 30.9 Å². The molecule has 0 spiro atoms. The third kappa shape index (κ3) is 3.22. The second kappa shape index (κ2) is 6.09. The van der Waals surface area contributed by atoms with Gasteiger partial charge in [0, 0.05) is 6.20 Å². The molecular formula is C17H27N4O3P.